The van der Waals surface area contributed by atoms with Crippen LogP contribution in [0.2, 0.25) is 0 Å². The van der Waals surface area contributed by atoms with Gasteiger partial charge in [-0.05, 0) is 29.3 Å². The molecule has 1 saturated carbocycles. The lowest BCUT2D eigenvalue weighted by Gasteiger charge is -2.35. The minimum atomic E-state index is -2.55. The standard InChI is InChI=1S/C18H15F2N5/c19-18(20)8-12(9-18)23-17-21-10-15-14(1-2-16(15)24-17)11-4-6-25-13(7-11)3-5-22-25/h1,3-7,10,12H,2,8-9H2,(H,21,23,24). The molecule has 2 aliphatic rings. The van der Waals surface area contributed by atoms with E-state index in [4.69, 9.17) is 0 Å². The highest BCUT2D eigenvalue weighted by atomic mass is 19.3. The summed E-state index contributed by atoms with van der Waals surface area (Å²) in [5.74, 6) is -2.12. The Labute approximate surface area is 142 Å². The van der Waals surface area contributed by atoms with E-state index in [2.05, 4.69) is 32.5 Å². The number of fused-ring (bicyclic) bond motifs is 2. The van der Waals surface area contributed by atoms with Gasteiger partial charge in [0.25, 0.3) is 5.92 Å². The molecule has 25 heavy (non-hydrogen) atoms. The number of alkyl halides is 2. The van der Waals surface area contributed by atoms with Crippen LogP contribution in [-0.4, -0.2) is 31.5 Å². The summed E-state index contributed by atoms with van der Waals surface area (Å²) in [5.41, 5.74) is 5.13. The van der Waals surface area contributed by atoms with E-state index in [1.54, 1.807) is 12.4 Å². The van der Waals surface area contributed by atoms with Gasteiger partial charge in [0.15, 0.2) is 0 Å². The number of nitrogens with one attached hydrogen (secondary N) is 1. The highest BCUT2D eigenvalue weighted by Gasteiger charge is 2.45. The summed E-state index contributed by atoms with van der Waals surface area (Å²) in [7, 11) is 0. The van der Waals surface area contributed by atoms with E-state index in [0.29, 0.717) is 12.4 Å². The number of allylic oxidation sites excluding steroid dienone is 1. The fraction of sp³-hybridized carbons (Fsp3) is 0.278. The van der Waals surface area contributed by atoms with E-state index < -0.39 is 5.92 Å². The minimum absolute atomic E-state index is 0.150. The Morgan fingerprint density at radius 3 is 2.96 bits per heavy atom. The first-order valence-electron chi connectivity index (χ1n) is 8.22. The normalized spacial score (nSPS) is 18.7. The van der Waals surface area contributed by atoms with Gasteiger partial charge in [0.2, 0.25) is 5.95 Å². The van der Waals surface area contributed by atoms with Crippen molar-refractivity contribution in [3.63, 3.8) is 0 Å². The molecule has 0 bridgehead atoms. The van der Waals surface area contributed by atoms with E-state index in [0.717, 1.165) is 27.9 Å². The Kier molecular flexibility index (Phi) is 2.95. The SMILES string of the molecule is FC1(F)CC(Nc2ncc3c(n2)CC=C3c2ccn3nccc3c2)C1. The summed E-state index contributed by atoms with van der Waals surface area (Å²) in [5, 5.41) is 7.21. The quantitative estimate of drug-likeness (QED) is 0.795. The van der Waals surface area contributed by atoms with Gasteiger partial charge in [-0.1, -0.05) is 6.08 Å². The van der Waals surface area contributed by atoms with Crippen molar-refractivity contribution < 1.29 is 8.78 Å². The lowest BCUT2D eigenvalue weighted by molar-refractivity contribution is -0.0794. The molecule has 0 spiro atoms. The van der Waals surface area contributed by atoms with Gasteiger partial charge in [0.1, 0.15) is 0 Å². The zero-order chi connectivity index (χ0) is 17.0. The molecule has 0 amide bonds. The Morgan fingerprint density at radius 1 is 1.24 bits per heavy atom. The predicted molar refractivity (Wildman–Crippen MR) is 89.6 cm³/mol. The number of hydrogen-bond acceptors (Lipinski definition) is 4. The van der Waals surface area contributed by atoms with Crippen molar-refractivity contribution in [3.05, 3.63) is 59.7 Å². The molecule has 2 aliphatic carbocycles. The maximum atomic E-state index is 12.9. The summed E-state index contributed by atoms with van der Waals surface area (Å²) in [6.45, 7) is 0. The summed E-state index contributed by atoms with van der Waals surface area (Å²) < 4.78 is 27.7. The first-order valence-corrected chi connectivity index (χ1v) is 8.22. The molecule has 0 aliphatic heterocycles. The molecule has 5 rings (SSSR count). The first-order chi connectivity index (χ1) is 12.1. The van der Waals surface area contributed by atoms with Gasteiger partial charge in [-0.15, -0.1) is 0 Å². The molecular weight excluding hydrogens is 324 g/mol. The molecule has 1 fully saturated rings. The zero-order valence-electron chi connectivity index (χ0n) is 13.3. The Bertz CT molecular complexity index is 1000. The summed E-state index contributed by atoms with van der Waals surface area (Å²) >= 11 is 0. The Balaban J connectivity index is 1.40. The van der Waals surface area contributed by atoms with Crippen LogP contribution in [-0.2, 0) is 6.42 Å². The number of anilines is 1. The number of hydrogen-bond donors (Lipinski definition) is 1. The average molecular weight is 339 g/mol. The van der Waals surface area contributed by atoms with Crippen molar-refractivity contribution in [3.8, 4) is 0 Å². The van der Waals surface area contributed by atoms with Crippen LogP contribution < -0.4 is 5.32 Å². The number of rotatable bonds is 3. The molecular formula is C18H15F2N5. The third-order valence-electron chi connectivity index (χ3n) is 4.79. The van der Waals surface area contributed by atoms with Crippen molar-refractivity contribution in [1.29, 1.82) is 0 Å². The largest absolute Gasteiger partial charge is 0.351 e. The van der Waals surface area contributed by atoms with Crippen LogP contribution in [0.4, 0.5) is 14.7 Å². The van der Waals surface area contributed by atoms with E-state index in [1.807, 2.05) is 22.8 Å². The third kappa shape index (κ3) is 2.47. The van der Waals surface area contributed by atoms with Crippen LogP contribution in [0.25, 0.3) is 11.1 Å². The lowest BCUT2D eigenvalue weighted by Crippen LogP contribution is -2.44. The Hall–Kier alpha value is -2.83. The van der Waals surface area contributed by atoms with E-state index in [9.17, 15) is 8.78 Å². The molecule has 3 aromatic rings. The molecule has 7 heteroatoms. The van der Waals surface area contributed by atoms with Gasteiger partial charge < -0.3 is 5.32 Å². The molecule has 1 N–H and O–H groups in total. The summed E-state index contributed by atoms with van der Waals surface area (Å²) in [4.78, 5) is 8.84. The second-order valence-electron chi connectivity index (χ2n) is 6.60. The van der Waals surface area contributed by atoms with Crippen molar-refractivity contribution in [1.82, 2.24) is 19.6 Å². The molecule has 0 aromatic carbocycles. The van der Waals surface area contributed by atoms with E-state index in [1.165, 1.54) is 0 Å². The van der Waals surface area contributed by atoms with Crippen LogP contribution in [0.1, 0.15) is 29.7 Å². The van der Waals surface area contributed by atoms with Crippen molar-refractivity contribution >= 4 is 17.0 Å². The molecule has 0 atom stereocenters. The molecule has 0 saturated heterocycles. The number of nitrogens with zero attached hydrogens (tertiary/aromatic N) is 4. The van der Waals surface area contributed by atoms with Gasteiger partial charge >= 0.3 is 0 Å². The average Bonchev–Trinajstić information content (AvgIpc) is 3.18. The number of halogens is 2. The fourth-order valence-electron chi connectivity index (χ4n) is 3.48. The van der Waals surface area contributed by atoms with Gasteiger partial charge in [0, 0.05) is 49.5 Å². The van der Waals surface area contributed by atoms with Crippen LogP contribution in [0.5, 0.6) is 0 Å². The fourth-order valence-corrected chi connectivity index (χ4v) is 3.48. The smallest absolute Gasteiger partial charge is 0.252 e. The monoisotopic (exact) mass is 339 g/mol. The van der Waals surface area contributed by atoms with Crippen molar-refractivity contribution in [2.24, 2.45) is 0 Å². The maximum absolute atomic E-state index is 12.9. The third-order valence-corrected chi connectivity index (χ3v) is 4.79. The molecule has 5 nitrogen and oxygen atoms in total. The highest BCUT2D eigenvalue weighted by molar-refractivity contribution is 5.85. The zero-order valence-corrected chi connectivity index (χ0v) is 13.3. The highest BCUT2D eigenvalue weighted by Crippen LogP contribution is 2.39. The van der Waals surface area contributed by atoms with Crippen LogP contribution in [0, 0.1) is 0 Å². The molecule has 0 unspecified atom stereocenters. The van der Waals surface area contributed by atoms with E-state index in [-0.39, 0.29) is 18.9 Å². The molecule has 3 aromatic heterocycles. The first kappa shape index (κ1) is 14.5. The molecule has 3 heterocycles. The minimum Gasteiger partial charge on any atom is -0.351 e. The summed E-state index contributed by atoms with van der Waals surface area (Å²) in [6, 6.07) is 5.81. The maximum Gasteiger partial charge on any atom is 0.252 e. The lowest BCUT2D eigenvalue weighted by atomic mass is 9.88. The number of pyridine rings is 1. The van der Waals surface area contributed by atoms with Crippen LogP contribution in [0.3, 0.4) is 0 Å². The van der Waals surface area contributed by atoms with Crippen LogP contribution >= 0.6 is 0 Å². The second-order valence-corrected chi connectivity index (χ2v) is 6.60. The van der Waals surface area contributed by atoms with E-state index >= 15 is 0 Å². The molecule has 126 valence electrons. The van der Waals surface area contributed by atoms with Gasteiger partial charge in [-0.25, -0.2) is 23.3 Å². The molecule has 0 radical (unpaired) electrons. The van der Waals surface area contributed by atoms with Gasteiger partial charge in [-0.2, -0.15) is 5.10 Å². The topological polar surface area (TPSA) is 55.1 Å². The number of aromatic nitrogens is 4. The van der Waals surface area contributed by atoms with Crippen molar-refractivity contribution in [2.45, 2.75) is 31.2 Å². The van der Waals surface area contributed by atoms with Gasteiger partial charge in [0.05, 0.1) is 11.2 Å². The van der Waals surface area contributed by atoms with Gasteiger partial charge in [-0.3, -0.25) is 0 Å². The second kappa shape index (κ2) is 5.08. The summed E-state index contributed by atoms with van der Waals surface area (Å²) in [6.07, 6.45) is 8.01. The van der Waals surface area contributed by atoms with Crippen molar-refractivity contribution in [2.75, 3.05) is 5.32 Å². The predicted octanol–water partition coefficient (Wildman–Crippen LogP) is 3.32. The Morgan fingerprint density at radius 2 is 2.12 bits per heavy atom. The van der Waals surface area contributed by atoms with Crippen LogP contribution in [0.15, 0.2) is 42.9 Å².